The number of nitrogens with zero attached hydrogens (tertiary/aromatic N) is 1. The number of amides is 1. The van der Waals surface area contributed by atoms with Crippen molar-refractivity contribution in [2.75, 3.05) is 11.9 Å². The summed E-state index contributed by atoms with van der Waals surface area (Å²) in [6, 6.07) is 0. The van der Waals surface area contributed by atoms with Gasteiger partial charge in [-0.05, 0) is 6.92 Å². The lowest BCUT2D eigenvalue weighted by molar-refractivity contribution is -0.116. The summed E-state index contributed by atoms with van der Waals surface area (Å²) in [5, 5.41) is 3.54. The Hall–Kier alpha value is -1.10. The highest BCUT2D eigenvalue weighted by Gasteiger charge is 1.98. The molecule has 0 aliphatic carbocycles. The minimum Gasteiger partial charge on any atom is -0.368 e. The summed E-state index contributed by atoms with van der Waals surface area (Å²) in [6.45, 7) is 2.10. The molecule has 0 unspecified atom stereocenters. The van der Waals surface area contributed by atoms with Crippen LogP contribution >= 0.6 is 11.3 Å². The number of carbonyl (C=O) groups excluding carboxylic acids is 1. The first kappa shape index (κ1) is 8.00. The van der Waals surface area contributed by atoms with E-state index in [1.54, 1.807) is 6.20 Å². The normalized spacial score (nSPS) is 9.55. The van der Waals surface area contributed by atoms with E-state index in [4.69, 9.17) is 5.73 Å². The summed E-state index contributed by atoms with van der Waals surface area (Å²) in [7, 11) is 0. The molecule has 60 valence electrons. The Labute approximate surface area is 68.4 Å². The molecule has 0 radical (unpaired) electrons. The third kappa shape index (κ3) is 2.55. The van der Waals surface area contributed by atoms with Crippen LogP contribution in [0.15, 0.2) is 6.20 Å². The molecule has 1 rings (SSSR count). The Morgan fingerprint density at radius 2 is 2.64 bits per heavy atom. The van der Waals surface area contributed by atoms with Crippen LogP contribution in [0.5, 0.6) is 0 Å². The second kappa shape index (κ2) is 3.34. The zero-order chi connectivity index (χ0) is 8.27. The van der Waals surface area contributed by atoms with Crippen LogP contribution in [0.2, 0.25) is 0 Å². The molecule has 3 N–H and O–H groups in total. The predicted octanol–water partition coefficient (Wildman–Crippen LogP) is 0.349. The van der Waals surface area contributed by atoms with E-state index in [1.165, 1.54) is 11.3 Å². The Bertz CT molecular complexity index is 258. The molecule has 1 amide bonds. The molecule has 0 bridgehead atoms. The number of nitrogens with one attached hydrogen (secondary N) is 1. The SMILES string of the molecule is Cc1cnc(NCC(N)=O)s1. The highest BCUT2D eigenvalue weighted by atomic mass is 32.1. The van der Waals surface area contributed by atoms with Crippen molar-refractivity contribution in [3.8, 4) is 0 Å². The maximum Gasteiger partial charge on any atom is 0.236 e. The highest BCUT2D eigenvalue weighted by Crippen LogP contribution is 2.15. The van der Waals surface area contributed by atoms with E-state index in [0.717, 1.165) is 10.0 Å². The van der Waals surface area contributed by atoms with E-state index < -0.39 is 0 Å². The first-order chi connectivity index (χ1) is 5.18. The lowest BCUT2D eigenvalue weighted by atomic mass is 10.6. The van der Waals surface area contributed by atoms with E-state index in [0.29, 0.717) is 0 Å². The van der Waals surface area contributed by atoms with Gasteiger partial charge in [0.2, 0.25) is 5.91 Å². The molecule has 0 atom stereocenters. The first-order valence-corrected chi connectivity index (χ1v) is 3.95. The van der Waals surface area contributed by atoms with E-state index in [1.807, 2.05) is 6.92 Å². The van der Waals surface area contributed by atoms with Crippen LogP contribution in [0.25, 0.3) is 0 Å². The van der Waals surface area contributed by atoms with Crippen molar-refractivity contribution in [2.24, 2.45) is 5.73 Å². The maximum atomic E-state index is 10.3. The van der Waals surface area contributed by atoms with Gasteiger partial charge < -0.3 is 11.1 Å². The number of anilines is 1. The molecular formula is C6H9N3OS. The largest absolute Gasteiger partial charge is 0.368 e. The van der Waals surface area contributed by atoms with Gasteiger partial charge in [-0.1, -0.05) is 0 Å². The molecule has 0 aliphatic rings. The van der Waals surface area contributed by atoms with Gasteiger partial charge in [0.05, 0.1) is 6.54 Å². The van der Waals surface area contributed by atoms with Crippen molar-refractivity contribution >= 4 is 22.4 Å². The molecule has 0 saturated heterocycles. The first-order valence-electron chi connectivity index (χ1n) is 3.13. The monoisotopic (exact) mass is 171 g/mol. The van der Waals surface area contributed by atoms with Crippen molar-refractivity contribution in [3.05, 3.63) is 11.1 Å². The number of aryl methyl sites for hydroxylation is 1. The second-order valence-corrected chi connectivity index (χ2v) is 3.33. The molecule has 11 heavy (non-hydrogen) atoms. The van der Waals surface area contributed by atoms with Crippen molar-refractivity contribution < 1.29 is 4.79 Å². The van der Waals surface area contributed by atoms with Gasteiger partial charge in [0.15, 0.2) is 5.13 Å². The number of carbonyl (C=O) groups is 1. The van der Waals surface area contributed by atoms with Gasteiger partial charge in [-0.2, -0.15) is 0 Å². The van der Waals surface area contributed by atoms with Gasteiger partial charge in [0, 0.05) is 11.1 Å². The molecule has 0 aromatic carbocycles. The quantitative estimate of drug-likeness (QED) is 0.689. The Balaban J connectivity index is 2.45. The van der Waals surface area contributed by atoms with E-state index in [-0.39, 0.29) is 12.5 Å². The van der Waals surface area contributed by atoms with Gasteiger partial charge >= 0.3 is 0 Å². The van der Waals surface area contributed by atoms with Gasteiger partial charge in [0.1, 0.15) is 0 Å². The summed E-state index contributed by atoms with van der Waals surface area (Å²) in [4.78, 5) is 15.4. The van der Waals surface area contributed by atoms with Crippen molar-refractivity contribution in [3.63, 3.8) is 0 Å². The number of hydrogen-bond acceptors (Lipinski definition) is 4. The number of thiazole rings is 1. The number of primary amides is 1. The second-order valence-electron chi connectivity index (χ2n) is 2.10. The fourth-order valence-electron chi connectivity index (χ4n) is 0.599. The Kier molecular flexibility index (Phi) is 2.43. The molecular weight excluding hydrogens is 162 g/mol. The maximum absolute atomic E-state index is 10.3. The van der Waals surface area contributed by atoms with E-state index >= 15 is 0 Å². The fourth-order valence-corrected chi connectivity index (χ4v) is 1.26. The van der Waals surface area contributed by atoms with Gasteiger partial charge in [0.25, 0.3) is 0 Å². The van der Waals surface area contributed by atoms with Crippen LogP contribution in [0.4, 0.5) is 5.13 Å². The topological polar surface area (TPSA) is 68.0 Å². The van der Waals surface area contributed by atoms with Crippen LogP contribution in [-0.4, -0.2) is 17.4 Å². The molecule has 0 saturated carbocycles. The van der Waals surface area contributed by atoms with Crippen molar-refractivity contribution in [2.45, 2.75) is 6.92 Å². The van der Waals surface area contributed by atoms with Gasteiger partial charge in [-0.15, -0.1) is 11.3 Å². The van der Waals surface area contributed by atoms with Crippen LogP contribution in [0.1, 0.15) is 4.88 Å². The van der Waals surface area contributed by atoms with Crippen molar-refractivity contribution in [1.82, 2.24) is 4.98 Å². The number of aromatic nitrogens is 1. The van der Waals surface area contributed by atoms with Gasteiger partial charge in [-0.3, -0.25) is 4.79 Å². The lowest BCUT2D eigenvalue weighted by Crippen LogP contribution is -2.21. The fraction of sp³-hybridized carbons (Fsp3) is 0.333. The molecule has 1 aromatic heterocycles. The van der Waals surface area contributed by atoms with E-state index in [2.05, 4.69) is 10.3 Å². The Morgan fingerprint density at radius 3 is 3.09 bits per heavy atom. The molecule has 0 aliphatic heterocycles. The third-order valence-electron chi connectivity index (χ3n) is 1.04. The summed E-state index contributed by atoms with van der Waals surface area (Å²) >= 11 is 1.50. The van der Waals surface area contributed by atoms with Crippen LogP contribution in [0.3, 0.4) is 0 Å². The van der Waals surface area contributed by atoms with Crippen LogP contribution in [0, 0.1) is 6.92 Å². The summed E-state index contributed by atoms with van der Waals surface area (Å²) in [5.41, 5.74) is 4.92. The molecule has 1 aromatic rings. The van der Waals surface area contributed by atoms with Crippen molar-refractivity contribution in [1.29, 1.82) is 0 Å². The smallest absolute Gasteiger partial charge is 0.236 e. The standard InChI is InChI=1S/C6H9N3OS/c1-4-2-8-6(11-4)9-3-5(7)10/h2H,3H2,1H3,(H2,7,10)(H,8,9). The zero-order valence-corrected chi connectivity index (χ0v) is 6.94. The number of nitrogens with two attached hydrogens (primary N) is 1. The average molecular weight is 171 g/mol. The Morgan fingerprint density at radius 1 is 1.91 bits per heavy atom. The van der Waals surface area contributed by atoms with Crippen LogP contribution in [-0.2, 0) is 4.79 Å². The molecule has 4 nitrogen and oxygen atoms in total. The summed E-state index contributed by atoms with van der Waals surface area (Å²) < 4.78 is 0. The zero-order valence-electron chi connectivity index (χ0n) is 6.13. The highest BCUT2D eigenvalue weighted by molar-refractivity contribution is 7.15. The minimum absolute atomic E-state index is 0.146. The summed E-state index contributed by atoms with van der Waals surface area (Å²) in [6.07, 6.45) is 1.74. The number of rotatable bonds is 3. The molecule has 5 heteroatoms. The minimum atomic E-state index is -0.377. The average Bonchev–Trinajstić information content (AvgIpc) is 2.31. The van der Waals surface area contributed by atoms with Crippen LogP contribution < -0.4 is 11.1 Å². The third-order valence-corrected chi connectivity index (χ3v) is 1.91. The predicted molar refractivity (Wildman–Crippen MR) is 44.5 cm³/mol. The van der Waals surface area contributed by atoms with Gasteiger partial charge in [-0.25, -0.2) is 4.98 Å². The molecule has 0 spiro atoms. The molecule has 1 heterocycles. The molecule has 0 fully saturated rings. The number of hydrogen-bond donors (Lipinski definition) is 2. The summed E-state index contributed by atoms with van der Waals surface area (Å²) in [5.74, 6) is -0.377. The lowest BCUT2D eigenvalue weighted by Gasteiger charge is -1.95. The van der Waals surface area contributed by atoms with E-state index in [9.17, 15) is 4.79 Å².